The van der Waals surface area contributed by atoms with E-state index in [9.17, 15) is 20.2 Å². The minimum atomic E-state index is -0.734. The summed E-state index contributed by atoms with van der Waals surface area (Å²) in [5.74, 6) is -0.445. The molecule has 0 radical (unpaired) electrons. The number of methoxy groups -OCH3 is 1. The Morgan fingerprint density at radius 2 is 1.93 bits per heavy atom. The second kappa shape index (κ2) is 8.49. The van der Waals surface area contributed by atoms with Crippen LogP contribution in [0.5, 0.6) is 5.75 Å². The first-order valence-corrected chi connectivity index (χ1v) is 7.88. The lowest BCUT2D eigenvalue weighted by Gasteiger charge is -2.12. The molecule has 0 atom stereocenters. The molecule has 0 spiro atoms. The molecule has 0 heterocycles. The molecule has 0 aliphatic heterocycles. The number of hydrogen-bond donors (Lipinski definition) is 1. The number of benzene rings is 2. The Kier molecular flexibility index (Phi) is 6.12. The summed E-state index contributed by atoms with van der Waals surface area (Å²) >= 11 is 0. The predicted molar refractivity (Wildman–Crippen MR) is 103 cm³/mol. The summed E-state index contributed by atoms with van der Waals surface area (Å²) < 4.78 is 4.95. The van der Waals surface area contributed by atoms with Crippen molar-refractivity contribution in [1.29, 1.82) is 5.26 Å². The Morgan fingerprint density at radius 3 is 2.44 bits per heavy atom. The van der Waals surface area contributed by atoms with Gasteiger partial charge in [0.2, 0.25) is 0 Å². The van der Waals surface area contributed by atoms with Crippen LogP contribution in [-0.4, -0.2) is 32.0 Å². The largest absolute Gasteiger partial charge is 0.496 e. The summed E-state index contributed by atoms with van der Waals surface area (Å²) in [4.78, 5) is 24.9. The van der Waals surface area contributed by atoms with Crippen LogP contribution in [0.3, 0.4) is 0 Å². The molecule has 0 saturated heterocycles. The molecule has 0 bridgehead atoms. The number of hydrogen-bond acceptors (Lipinski definition) is 6. The summed E-state index contributed by atoms with van der Waals surface area (Å²) in [6, 6.07) is 13.1. The predicted octanol–water partition coefficient (Wildman–Crippen LogP) is 3.22. The number of nitriles is 1. The van der Waals surface area contributed by atoms with E-state index in [0.717, 1.165) is 5.69 Å². The van der Waals surface area contributed by atoms with E-state index in [1.807, 2.05) is 37.2 Å². The summed E-state index contributed by atoms with van der Waals surface area (Å²) in [5.41, 5.74) is 1.13. The molecular formula is C19H18N4O4. The van der Waals surface area contributed by atoms with Crippen molar-refractivity contribution in [2.75, 3.05) is 31.4 Å². The minimum absolute atomic E-state index is 0.0186. The van der Waals surface area contributed by atoms with Crippen molar-refractivity contribution < 1.29 is 14.5 Å². The van der Waals surface area contributed by atoms with Crippen LogP contribution in [0.25, 0.3) is 6.08 Å². The fraction of sp³-hybridized carbons (Fsp3) is 0.158. The van der Waals surface area contributed by atoms with E-state index < -0.39 is 10.8 Å². The number of carbonyl (C=O) groups excluding carboxylic acids is 1. The van der Waals surface area contributed by atoms with Gasteiger partial charge >= 0.3 is 0 Å². The summed E-state index contributed by atoms with van der Waals surface area (Å²) in [7, 11) is 5.19. The van der Waals surface area contributed by atoms with Crippen molar-refractivity contribution in [2.24, 2.45) is 0 Å². The first-order chi connectivity index (χ1) is 12.8. The van der Waals surface area contributed by atoms with Gasteiger partial charge in [-0.3, -0.25) is 14.9 Å². The molecule has 27 heavy (non-hydrogen) atoms. The van der Waals surface area contributed by atoms with E-state index >= 15 is 0 Å². The van der Waals surface area contributed by atoms with Crippen molar-refractivity contribution in [3.05, 3.63) is 63.7 Å². The summed E-state index contributed by atoms with van der Waals surface area (Å²) in [5, 5.41) is 22.9. The summed E-state index contributed by atoms with van der Waals surface area (Å²) in [6.07, 6.45) is 1.42. The monoisotopic (exact) mass is 366 g/mol. The standard InChI is InChI=1S/C19H18N4O4/c1-22(2)15-6-4-13(5-7-15)10-14(12-20)19(24)21-17-9-8-16(27-3)11-18(17)23(25)26/h4-11H,1-3H3,(H,21,24). The number of nitro benzene ring substituents is 1. The zero-order valence-electron chi connectivity index (χ0n) is 15.1. The van der Waals surface area contributed by atoms with Crippen molar-refractivity contribution in [1.82, 2.24) is 0 Å². The first-order valence-electron chi connectivity index (χ1n) is 7.88. The zero-order chi connectivity index (χ0) is 20.0. The molecule has 0 aliphatic rings. The second-order valence-corrected chi connectivity index (χ2v) is 5.75. The van der Waals surface area contributed by atoms with Gasteiger partial charge in [-0.2, -0.15) is 5.26 Å². The zero-order valence-corrected chi connectivity index (χ0v) is 15.1. The molecule has 0 aliphatic carbocycles. The third-order valence-corrected chi connectivity index (χ3v) is 3.74. The molecule has 0 unspecified atom stereocenters. The van der Waals surface area contributed by atoms with Crippen molar-refractivity contribution in [2.45, 2.75) is 0 Å². The Morgan fingerprint density at radius 1 is 1.26 bits per heavy atom. The maximum atomic E-state index is 12.4. The average molecular weight is 366 g/mol. The van der Waals surface area contributed by atoms with Gasteiger partial charge in [0.25, 0.3) is 11.6 Å². The molecular weight excluding hydrogens is 348 g/mol. The topological polar surface area (TPSA) is 108 Å². The number of carbonyl (C=O) groups is 1. The molecule has 138 valence electrons. The van der Waals surface area contributed by atoms with Crippen LogP contribution in [0.2, 0.25) is 0 Å². The van der Waals surface area contributed by atoms with E-state index in [-0.39, 0.29) is 22.7 Å². The van der Waals surface area contributed by atoms with Gasteiger partial charge < -0.3 is 15.0 Å². The van der Waals surface area contributed by atoms with Crippen LogP contribution < -0.4 is 15.0 Å². The smallest absolute Gasteiger partial charge is 0.296 e. The molecule has 1 N–H and O–H groups in total. The number of rotatable bonds is 6. The van der Waals surface area contributed by atoms with Crippen LogP contribution in [0.4, 0.5) is 17.1 Å². The van der Waals surface area contributed by atoms with Gasteiger partial charge in [-0.05, 0) is 35.9 Å². The van der Waals surface area contributed by atoms with Crippen LogP contribution in [0.1, 0.15) is 5.56 Å². The minimum Gasteiger partial charge on any atom is -0.496 e. The molecule has 2 aromatic carbocycles. The van der Waals surface area contributed by atoms with E-state index in [1.165, 1.54) is 31.4 Å². The highest BCUT2D eigenvalue weighted by Crippen LogP contribution is 2.29. The number of nitro groups is 1. The molecule has 1 amide bonds. The maximum Gasteiger partial charge on any atom is 0.296 e. The van der Waals surface area contributed by atoms with Crippen molar-refractivity contribution >= 4 is 29.0 Å². The fourth-order valence-corrected chi connectivity index (χ4v) is 2.27. The molecule has 0 fully saturated rings. The van der Waals surface area contributed by atoms with E-state index in [2.05, 4.69) is 5.32 Å². The van der Waals surface area contributed by atoms with Gasteiger partial charge in [0, 0.05) is 19.8 Å². The van der Waals surface area contributed by atoms with E-state index in [4.69, 9.17) is 4.74 Å². The van der Waals surface area contributed by atoms with Gasteiger partial charge in [0.05, 0.1) is 18.1 Å². The lowest BCUT2D eigenvalue weighted by molar-refractivity contribution is -0.384. The Labute approximate surface area is 156 Å². The highest BCUT2D eigenvalue weighted by atomic mass is 16.6. The normalized spacial score (nSPS) is 10.7. The number of nitrogens with one attached hydrogen (secondary N) is 1. The lowest BCUT2D eigenvalue weighted by atomic mass is 10.1. The van der Waals surface area contributed by atoms with Gasteiger partial charge in [0.15, 0.2) is 0 Å². The number of anilines is 2. The van der Waals surface area contributed by atoms with Crippen LogP contribution in [0, 0.1) is 21.4 Å². The van der Waals surface area contributed by atoms with Crippen LogP contribution in [-0.2, 0) is 4.79 Å². The lowest BCUT2D eigenvalue weighted by Crippen LogP contribution is -2.14. The molecule has 8 heteroatoms. The Balaban J connectivity index is 2.27. The van der Waals surface area contributed by atoms with Crippen LogP contribution in [0.15, 0.2) is 48.0 Å². The molecule has 8 nitrogen and oxygen atoms in total. The van der Waals surface area contributed by atoms with Gasteiger partial charge in [-0.1, -0.05) is 12.1 Å². The Hall–Kier alpha value is -3.86. The van der Waals surface area contributed by atoms with Gasteiger partial charge in [-0.25, -0.2) is 0 Å². The molecule has 0 aromatic heterocycles. The number of ether oxygens (including phenoxy) is 1. The van der Waals surface area contributed by atoms with Crippen LogP contribution >= 0.6 is 0 Å². The van der Waals surface area contributed by atoms with Crippen molar-refractivity contribution in [3.63, 3.8) is 0 Å². The number of nitrogens with zero attached hydrogens (tertiary/aromatic N) is 3. The van der Waals surface area contributed by atoms with E-state index in [0.29, 0.717) is 5.56 Å². The average Bonchev–Trinajstić information content (AvgIpc) is 2.66. The fourth-order valence-electron chi connectivity index (χ4n) is 2.27. The third kappa shape index (κ3) is 4.83. The summed E-state index contributed by atoms with van der Waals surface area (Å²) in [6.45, 7) is 0. The second-order valence-electron chi connectivity index (χ2n) is 5.75. The van der Waals surface area contributed by atoms with E-state index in [1.54, 1.807) is 12.1 Å². The number of amides is 1. The maximum absolute atomic E-state index is 12.4. The van der Waals surface area contributed by atoms with Crippen molar-refractivity contribution in [3.8, 4) is 11.8 Å². The Bertz CT molecular complexity index is 928. The molecule has 2 rings (SSSR count). The SMILES string of the molecule is COc1ccc(NC(=O)C(C#N)=Cc2ccc(N(C)C)cc2)c([N+](=O)[O-])c1. The van der Waals surface area contributed by atoms with Gasteiger partial charge in [0.1, 0.15) is 23.1 Å². The molecule has 2 aromatic rings. The van der Waals surface area contributed by atoms with Gasteiger partial charge in [-0.15, -0.1) is 0 Å². The highest BCUT2D eigenvalue weighted by molar-refractivity contribution is 6.10. The quantitative estimate of drug-likeness (QED) is 0.364. The third-order valence-electron chi connectivity index (χ3n) is 3.74. The highest BCUT2D eigenvalue weighted by Gasteiger charge is 2.19. The molecule has 0 saturated carbocycles. The first kappa shape index (κ1) is 19.5.